The summed E-state index contributed by atoms with van der Waals surface area (Å²) in [5, 5.41) is 28.9. The predicted molar refractivity (Wildman–Crippen MR) is 105 cm³/mol. The van der Waals surface area contributed by atoms with E-state index in [0.717, 1.165) is 5.56 Å². The van der Waals surface area contributed by atoms with Gasteiger partial charge < -0.3 is 16.0 Å². The molecule has 10 nitrogen and oxygen atoms in total. The van der Waals surface area contributed by atoms with E-state index in [2.05, 4.69) is 20.5 Å². The number of para-hydroxylation sites is 1. The zero-order valence-electron chi connectivity index (χ0n) is 14.8. The zero-order chi connectivity index (χ0) is 20.3. The van der Waals surface area contributed by atoms with Crippen molar-refractivity contribution in [1.29, 1.82) is 5.41 Å². The number of H-pyrrole nitrogens is 1. The van der Waals surface area contributed by atoms with Gasteiger partial charge in [0.15, 0.2) is 0 Å². The summed E-state index contributed by atoms with van der Waals surface area (Å²) >= 11 is 0. The van der Waals surface area contributed by atoms with Gasteiger partial charge in [0.25, 0.3) is 11.6 Å². The Morgan fingerprint density at radius 3 is 2.64 bits per heavy atom. The molecular weight excluding hydrogens is 362 g/mol. The number of aromatic nitrogens is 1. The Bertz CT molecular complexity index is 1090. The highest BCUT2D eigenvalue weighted by Crippen LogP contribution is 2.26. The SMILES string of the molecule is CC(N=NC(=N)N)c1ccc(NC(=O)c2cc3cccc([N+](=O)[O-])c3[nH]2)cc1. The van der Waals surface area contributed by atoms with Crippen LogP contribution in [0.5, 0.6) is 0 Å². The quantitative estimate of drug-likeness (QED) is 0.175. The maximum atomic E-state index is 12.5. The van der Waals surface area contributed by atoms with Crippen LogP contribution in [-0.2, 0) is 0 Å². The molecule has 1 aromatic heterocycles. The highest BCUT2D eigenvalue weighted by atomic mass is 16.6. The summed E-state index contributed by atoms with van der Waals surface area (Å²) in [6.07, 6.45) is 0. The second kappa shape index (κ2) is 7.66. The molecule has 5 N–H and O–H groups in total. The summed E-state index contributed by atoms with van der Waals surface area (Å²) in [6, 6.07) is 12.9. The number of azo groups is 1. The molecule has 0 saturated carbocycles. The summed E-state index contributed by atoms with van der Waals surface area (Å²) in [6.45, 7) is 1.80. The third kappa shape index (κ3) is 4.01. The number of anilines is 1. The molecule has 0 radical (unpaired) electrons. The van der Waals surface area contributed by atoms with Crippen molar-refractivity contribution >= 4 is 34.1 Å². The second-order valence-electron chi connectivity index (χ2n) is 6.03. The number of hydrogen-bond donors (Lipinski definition) is 4. The third-order valence-electron chi connectivity index (χ3n) is 4.07. The fourth-order valence-electron chi connectivity index (χ4n) is 2.67. The first-order valence-electron chi connectivity index (χ1n) is 8.27. The Balaban J connectivity index is 1.76. The van der Waals surface area contributed by atoms with Gasteiger partial charge in [-0.1, -0.05) is 24.3 Å². The fourth-order valence-corrected chi connectivity index (χ4v) is 2.67. The van der Waals surface area contributed by atoms with Gasteiger partial charge in [0.1, 0.15) is 11.2 Å². The van der Waals surface area contributed by atoms with Gasteiger partial charge >= 0.3 is 0 Å². The van der Waals surface area contributed by atoms with Gasteiger partial charge in [-0.2, -0.15) is 5.11 Å². The zero-order valence-corrected chi connectivity index (χ0v) is 14.8. The molecule has 3 rings (SSSR count). The third-order valence-corrected chi connectivity index (χ3v) is 4.07. The van der Waals surface area contributed by atoms with Crippen LogP contribution in [0, 0.1) is 15.5 Å². The number of nitro groups is 1. The minimum Gasteiger partial charge on any atom is -0.367 e. The van der Waals surface area contributed by atoms with Crippen LogP contribution >= 0.6 is 0 Å². The van der Waals surface area contributed by atoms with Crippen molar-refractivity contribution < 1.29 is 9.72 Å². The van der Waals surface area contributed by atoms with Gasteiger partial charge in [0, 0.05) is 17.1 Å². The molecule has 0 saturated heterocycles. The smallest absolute Gasteiger partial charge is 0.293 e. The van der Waals surface area contributed by atoms with Gasteiger partial charge in [-0.25, -0.2) is 0 Å². The van der Waals surface area contributed by atoms with Crippen LogP contribution in [0.2, 0.25) is 0 Å². The van der Waals surface area contributed by atoms with E-state index in [9.17, 15) is 14.9 Å². The van der Waals surface area contributed by atoms with E-state index >= 15 is 0 Å². The fraction of sp³-hybridized carbons (Fsp3) is 0.111. The van der Waals surface area contributed by atoms with Gasteiger partial charge in [-0.3, -0.25) is 20.3 Å². The number of benzene rings is 2. The number of guanidine groups is 1. The Morgan fingerprint density at radius 2 is 2.00 bits per heavy atom. The van der Waals surface area contributed by atoms with Crippen molar-refractivity contribution in [2.75, 3.05) is 5.32 Å². The minimum atomic E-state index is -0.496. The molecule has 1 unspecified atom stereocenters. The average molecular weight is 379 g/mol. The minimum absolute atomic E-state index is 0.0883. The van der Waals surface area contributed by atoms with Crippen LogP contribution in [0.25, 0.3) is 10.9 Å². The van der Waals surface area contributed by atoms with Crippen molar-refractivity contribution in [1.82, 2.24) is 4.98 Å². The Labute approximate surface area is 159 Å². The summed E-state index contributed by atoms with van der Waals surface area (Å²) in [4.78, 5) is 25.9. The lowest BCUT2D eigenvalue weighted by Gasteiger charge is -2.08. The van der Waals surface area contributed by atoms with Crippen molar-refractivity contribution in [2.24, 2.45) is 16.0 Å². The first-order chi connectivity index (χ1) is 13.3. The lowest BCUT2D eigenvalue weighted by atomic mass is 10.1. The van der Waals surface area contributed by atoms with Crippen molar-refractivity contribution in [3.8, 4) is 0 Å². The van der Waals surface area contributed by atoms with E-state index in [1.807, 2.05) is 0 Å². The van der Waals surface area contributed by atoms with Gasteiger partial charge in [-0.05, 0) is 30.7 Å². The van der Waals surface area contributed by atoms with E-state index in [-0.39, 0.29) is 23.4 Å². The number of nitrogens with two attached hydrogens (primary N) is 1. The van der Waals surface area contributed by atoms with Crippen LogP contribution in [0.1, 0.15) is 29.0 Å². The number of rotatable bonds is 5. The van der Waals surface area contributed by atoms with E-state index in [1.54, 1.807) is 49.4 Å². The largest absolute Gasteiger partial charge is 0.367 e. The molecule has 2 aromatic carbocycles. The average Bonchev–Trinajstić information content (AvgIpc) is 3.11. The summed E-state index contributed by atoms with van der Waals surface area (Å²) in [7, 11) is 0. The highest BCUT2D eigenvalue weighted by molar-refractivity contribution is 6.06. The number of nitrogens with zero attached hydrogens (tertiary/aromatic N) is 3. The van der Waals surface area contributed by atoms with Crippen molar-refractivity contribution in [3.63, 3.8) is 0 Å². The molecule has 0 aliphatic rings. The van der Waals surface area contributed by atoms with Gasteiger partial charge in [0.2, 0.25) is 5.96 Å². The molecule has 1 heterocycles. The highest BCUT2D eigenvalue weighted by Gasteiger charge is 2.17. The second-order valence-corrected chi connectivity index (χ2v) is 6.03. The number of aromatic amines is 1. The molecule has 1 atom stereocenters. The lowest BCUT2D eigenvalue weighted by Crippen LogP contribution is -2.12. The molecule has 0 aliphatic carbocycles. The van der Waals surface area contributed by atoms with Gasteiger partial charge in [0.05, 0.1) is 11.0 Å². The topological polar surface area (TPSA) is 163 Å². The molecule has 0 spiro atoms. The molecule has 0 fully saturated rings. The molecule has 1 amide bonds. The Morgan fingerprint density at radius 1 is 1.29 bits per heavy atom. The number of hydrogen-bond acceptors (Lipinski definition) is 5. The summed E-state index contributed by atoms with van der Waals surface area (Å²) in [5.74, 6) is -0.781. The molecule has 28 heavy (non-hydrogen) atoms. The summed E-state index contributed by atoms with van der Waals surface area (Å²) in [5.41, 5.74) is 6.97. The van der Waals surface area contributed by atoms with E-state index in [1.165, 1.54) is 6.07 Å². The van der Waals surface area contributed by atoms with Crippen LogP contribution in [0.15, 0.2) is 58.8 Å². The Hall–Kier alpha value is -4.08. The maximum Gasteiger partial charge on any atom is 0.293 e. The van der Waals surface area contributed by atoms with E-state index in [0.29, 0.717) is 16.6 Å². The van der Waals surface area contributed by atoms with Crippen LogP contribution in [-0.4, -0.2) is 21.8 Å². The maximum absolute atomic E-state index is 12.5. The Kier molecular flexibility index (Phi) is 5.12. The van der Waals surface area contributed by atoms with E-state index < -0.39 is 10.8 Å². The lowest BCUT2D eigenvalue weighted by molar-refractivity contribution is -0.383. The van der Waals surface area contributed by atoms with Crippen LogP contribution in [0.3, 0.4) is 0 Å². The van der Waals surface area contributed by atoms with Gasteiger partial charge in [-0.15, -0.1) is 5.11 Å². The normalized spacial score (nSPS) is 12.2. The van der Waals surface area contributed by atoms with Crippen LogP contribution in [0.4, 0.5) is 11.4 Å². The number of fused-ring (bicyclic) bond motifs is 1. The first kappa shape index (κ1) is 18.7. The number of nitro benzene ring substituents is 1. The van der Waals surface area contributed by atoms with Crippen molar-refractivity contribution in [3.05, 3.63) is 69.9 Å². The predicted octanol–water partition coefficient (Wildman–Crippen LogP) is 3.74. The van der Waals surface area contributed by atoms with Crippen molar-refractivity contribution in [2.45, 2.75) is 13.0 Å². The molecule has 0 bridgehead atoms. The number of amides is 1. The first-order valence-corrected chi connectivity index (χ1v) is 8.27. The number of carbonyl (C=O) groups excluding carboxylic acids is 1. The molecule has 0 aliphatic heterocycles. The van der Waals surface area contributed by atoms with E-state index in [4.69, 9.17) is 11.1 Å². The molecule has 3 aromatic rings. The molecular formula is C18H17N7O3. The standard InChI is InChI=1S/C18H17N7O3/c1-10(23-24-18(19)20)11-5-7-13(8-6-11)21-17(26)14-9-12-3-2-4-15(25(27)28)16(12)22-14/h2-10,22H,1H3,(H3,19,20)(H,21,26). The molecule has 10 heteroatoms. The number of carbonyl (C=O) groups is 1. The van der Waals surface area contributed by atoms with Crippen LogP contribution < -0.4 is 11.1 Å². The number of nitrogens with one attached hydrogen (secondary N) is 3. The monoisotopic (exact) mass is 379 g/mol. The number of non-ortho nitro benzene ring substituents is 1. The molecule has 142 valence electrons. The summed E-state index contributed by atoms with van der Waals surface area (Å²) < 4.78 is 0.